The molecule has 2 aliphatic rings. The van der Waals surface area contributed by atoms with E-state index in [-0.39, 0.29) is 23.7 Å². The van der Waals surface area contributed by atoms with Gasteiger partial charge >= 0.3 is 0 Å². The minimum atomic E-state index is -0.786. The Kier molecular flexibility index (Phi) is 3.77. The molecule has 9 nitrogen and oxygen atoms in total. The van der Waals surface area contributed by atoms with Crippen molar-refractivity contribution in [2.24, 2.45) is 5.84 Å². The predicted octanol–water partition coefficient (Wildman–Crippen LogP) is 2.43. The number of hydrogen-bond donors (Lipinski definition) is 2. The zero-order valence-electron chi connectivity index (χ0n) is 16.0. The van der Waals surface area contributed by atoms with Crippen LogP contribution in [-0.2, 0) is 0 Å². The van der Waals surface area contributed by atoms with Gasteiger partial charge in [0.25, 0.3) is 11.8 Å². The highest BCUT2D eigenvalue weighted by atomic mass is 16.7. The van der Waals surface area contributed by atoms with Gasteiger partial charge in [0.15, 0.2) is 23.0 Å². The molecular weight excluding hydrogens is 392 g/mol. The predicted molar refractivity (Wildman–Crippen MR) is 105 cm³/mol. The Morgan fingerprint density at radius 3 is 2.23 bits per heavy atom. The molecule has 2 heterocycles. The second kappa shape index (κ2) is 6.26. The average molecular weight is 408 g/mol. The highest BCUT2D eigenvalue weighted by molar-refractivity contribution is 6.29. The van der Waals surface area contributed by atoms with Crippen LogP contribution in [0.15, 0.2) is 30.3 Å². The van der Waals surface area contributed by atoms with Crippen molar-refractivity contribution in [2.75, 3.05) is 21.0 Å². The molecule has 30 heavy (non-hydrogen) atoms. The van der Waals surface area contributed by atoms with Gasteiger partial charge in [-0.25, -0.2) is 10.9 Å². The lowest BCUT2D eigenvalue weighted by Gasteiger charge is -2.16. The fourth-order valence-corrected chi connectivity index (χ4v) is 3.90. The molecule has 0 aromatic heterocycles. The van der Waals surface area contributed by atoms with Gasteiger partial charge in [-0.3, -0.25) is 9.59 Å². The van der Waals surface area contributed by atoms with Gasteiger partial charge in [-0.1, -0.05) is 6.07 Å². The van der Waals surface area contributed by atoms with E-state index in [1.54, 1.807) is 30.3 Å². The average Bonchev–Trinajstić information content (AvgIpc) is 3.32. The van der Waals surface area contributed by atoms with Crippen LogP contribution in [0.5, 0.6) is 28.7 Å². The number of amides is 2. The number of hydrazine groups is 1. The van der Waals surface area contributed by atoms with E-state index in [0.29, 0.717) is 49.9 Å². The summed E-state index contributed by atoms with van der Waals surface area (Å²) in [4.78, 5) is 25.5. The molecule has 152 valence electrons. The lowest BCUT2D eigenvalue weighted by atomic mass is 9.89. The van der Waals surface area contributed by atoms with Crippen molar-refractivity contribution >= 4 is 22.6 Å². The molecule has 0 atom stereocenters. The van der Waals surface area contributed by atoms with Gasteiger partial charge in [-0.2, -0.15) is 0 Å². The van der Waals surface area contributed by atoms with Crippen molar-refractivity contribution in [1.82, 2.24) is 5.01 Å². The molecule has 3 N–H and O–H groups in total. The summed E-state index contributed by atoms with van der Waals surface area (Å²) >= 11 is 0. The van der Waals surface area contributed by atoms with Gasteiger partial charge in [0, 0.05) is 10.9 Å². The number of imide groups is 1. The quantitative estimate of drug-likeness (QED) is 0.385. The lowest BCUT2D eigenvalue weighted by Crippen LogP contribution is -2.36. The number of hydrogen-bond acceptors (Lipinski definition) is 8. The van der Waals surface area contributed by atoms with E-state index in [1.807, 2.05) is 0 Å². The fraction of sp³-hybridized carbons (Fsp3) is 0.143. The number of carbonyl (C=O) groups is 2. The SMILES string of the molecule is COc1cc2c(O)c3c(c(-c4ccc5c(c4)OCO5)c2cc1OC)C(=O)N(N)C3=O. The van der Waals surface area contributed by atoms with Crippen LogP contribution < -0.4 is 24.8 Å². The van der Waals surface area contributed by atoms with E-state index in [9.17, 15) is 14.7 Å². The summed E-state index contributed by atoms with van der Waals surface area (Å²) in [6, 6.07) is 8.36. The summed E-state index contributed by atoms with van der Waals surface area (Å²) in [5.41, 5.74) is 0.862. The van der Waals surface area contributed by atoms with Crippen LogP contribution in [0.4, 0.5) is 0 Å². The third-order valence-electron chi connectivity index (χ3n) is 5.31. The summed E-state index contributed by atoms with van der Waals surface area (Å²) in [6.45, 7) is 0.0895. The molecule has 3 aromatic carbocycles. The Morgan fingerprint density at radius 1 is 0.900 bits per heavy atom. The molecule has 0 unspecified atom stereocenters. The van der Waals surface area contributed by atoms with Gasteiger partial charge in [0.1, 0.15) is 5.75 Å². The summed E-state index contributed by atoms with van der Waals surface area (Å²) in [5.74, 6) is 5.66. The molecule has 5 rings (SSSR count). The lowest BCUT2D eigenvalue weighted by molar-refractivity contribution is 0.0653. The van der Waals surface area contributed by atoms with E-state index in [4.69, 9.17) is 24.8 Å². The molecule has 0 saturated heterocycles. The number of rotatable bonds is 3. The number of phenolic OH excluding ortho intramolecular Hbond substituents is 1. The van der Waals surface area contributed by atoms with Gasteiger partial charge < -0.3 is 24.1 Å². The molecule has 0 aliphatic carbocycles. The molecule has 2 aliphatic heterocycles. The summed E-state index contributed by atoms with van der Waals surface area (Å²) in [6.07, 6.45) is 0. The van der Waals surface area contributed by atoms with Gasteiger partial charge in [-0.15, -0.1) is 0 Å². The molecule has 0 spiro atoms. The Labute approximate surface area is 170 Å². The van der Waals surface area contributed by atoms with Crippen LogP contribution in [0, 0.1) is 0 Å². The number of carbonyl (C=O) groups excluding carboxylic acids is 2. The number of methoxy groups -OCH3 is 2. The zero-order valence-corrected chi connectivity index (χ0v) is 16.0. The number of nitrogens with zero attached hydrogens (tertiary/aromatic N) is 1. The molecule has 0 radical (unpaired) electrons. The molecule has 0 bridgehead atoms. The minimum absolute atomic E-state index is 0.0126. The first kappa shape index (κ1) is 18.1. The Hall–Kier alpha value is -3.98. The van der Waals surface area contributed by atoms with Crippen LogP contribution in [0.3, 0.4) is 0 Å². The normalized spacial score (nSPS) is 14.4. The van der Waals surface area contributed by atoms with Gasteiger partial charge in [-0.05, 0) is 35.2 Å². The third kappa shape index (κ3) is 2.26. The molecule has 2 amide bonds. The number of benzene rings is 3. The number of aromatic hydroxyl groups is 1. The van der Waals surface area contributed by atoms with Crippen LogP contribution in [0.1, 0.15) is 20.7 Å². The first-order valence-corrected chi connectivity index (χ1v) is 8.94. The van der Waals surface area contributed by atoms with Crippen LogP contribution in [0.2, 0.25) is 0 Å². The third-order valence-corrected chi connectivity index (χ3v) is 5.31. The number of phenols is 1. The highest BCUT2D eigenvalue weighted by Crippen LogP contribution is 2.48. The van der Waals surface area contributed by atoms with E-state index in [1.165, 1.54) is 14.2 Å². The van der Waals surface area contributed by atoms with Crippen LogP contribution in [-0.4, -0.2) is 42.9 Å². The minimum Gasteiger partial charge on any atom is -0.506 e. The molecule has 9 heteroatoms. The summed E-state index contributed by atoms with van der Waals surface area (Å²) in [5, 5.41) is 12.2. The van der Waals surface area contributed by atoms with E-state index in [2.05, 4.69) is 0 Å². The van der Waals surface area contributed by atoms with Crippen molar-refractivity contribution in [3.8, 4) is 39.9 Å². The zero-order chi connectivity index (χ0) is 21.2. The van der Waals surface area contributed by atoms with Crippen LogP contribution >= 0.6 is 0 Å². The number of nitrogens with two attached hydrogens (primary N) is 1. The molecule has 3 aromatic rings. The Balaban J connectivity index is 1.94. The largest absolute Gasteiger partial charge is 0.506 e. The van der Waals surface area contributed by atoms with Crippen molar-refractivity contribution < 1.29 is 33.6 Å². The monoisotopic (exact) mass is 408 g/mol. The van der Waals surface area contributed by atoms with E-state index < -0.39 is 11.8 Å². The van der Waals surface area contributed by atoms with E-state index >= 15 is 0 Å². The highest BCUT2D eigenvalue weighted by Gasteiger charge is 2.41. The maximum absolute atomic E-state index is 12.9. The van der Waals surface area contributed by atoms with E-state index in [0.717, 1.165) is 0 Å². The Bertz CT molecular complexity index is 1270. The first-order chi connectivity index (χ1) is 14.5. The summed E-state index contributed by atoms with van der Waals surface area (Å²) in [7, 11) is 2.94. The molecular formula is C21H16N2O7. The standard InChI is InChI=1S/C21H16N2O7/c1-27-13-6-10-11(7-14(13)28-2)19(24)18-17(20(25)23(22)21(18)26)16(10)9-3-4-12-15(5-9)30-8-29-12/h3-7,24H,8,22H2,1-2H3. The van der Waals surface area contributed by atoms with Gasteiger partial charge in [0.2, 0.25) is 6.79 Å². The second-order valence-electron chi connectivity index (χ2n) is 6.77. The first-order valence-electron chi connectivity index (χ1n) is 8.94. The van der Waals surface area contributed by atoms with Crippen molar-refractivity contribution in [3.05, 3.63) is 41.5 Å². The van der Waals surface area contributed by atoms with Crippen LogP contribution in [0.25, 0.3) is 21.9 Å². The van der Waals surface area contributed by atoms with Crippen molar-refractivity contribution in [2.45, 2.75) is 0 Å². The fourth-order valence-electron chi connectivity index (χ4n) is 3.90. The topological polar surface area (TPSA) is 121 Å². The van der Waals surface area contributed by atoms with Gasteiger partial charge in [0.05, 0.1) is 25.3 Å². The van der Waals surface area contributed by atoms with Crippen molar-refractivity contribution in [3.63, 3.8) is 0 Å². The van der Waals surface area contributed by atoms with Crippen molar-refractivity contribution in [1.29, 1.82) is 0 Å². The number of ether oxygens (including phenoxy) is 4. The Morgan fingerprint density at radius 2 is 1.53 bits per heavy atom. The second-order valence-corrected chi connectivity index (χ2v) is 6.77. The maximum Gasteiger partial charge on any atom is 0.279 e. The summed E-state index contributed by atoms with van der Waals surface area (Å²) < 4.78 is 21.6. The molecule has 0 fully saturated rings. The smallest absolute Gasteiger partial charge is 0.279 e. The maximum atomic E-state index is 12.9. The molecule has 0 saturated carbocycles. The number of fused-ring (bicyclic) bond motifs is 3.